The minimum atomic E-state index is -4.80. The number of carbonyl (C=O) groups is 1. The topological polar surface area (TPSA) is 119 Å². The van der Waals surface area contributed by atoms with E-state index in [1.165, 1.54) is 23.0 Å². The molecule has 0 aliphatic heterocycles. The van der Waals surface area contributed by atoms with Crippen LogP contribution in [0.15, 0.2) is 41.5 Å². The van der Waals surface area contributed by atoms with E-state index in [1.54, 1.807) is 25.3 Å². The molecule has 0 spiro atoms. The van der Waals surface area contributed by atoms with Gasteiger partial charge in [0, 0.05) is 18.3 Å². The van der Waals surface area contributed by atoms with Crippen LogP contribution < -0.4 is 5.56 Å². The molecule has 4 aromatic rings. The number of imidazole rings is 1. The van der Waals surface area contributed by atoms with Gasteiger partial charge in [-0.25, -0.2) is 14.8 Å². The first-order valence-electron chi connectivity index (χ1n) is 10.1. The Bertz CT molecular complexity index is 1500. The maximum atomic E-state index is 13.4. The molecule has 0 aliphatic rings. The number of fused-ring (bicyclic) bond motifs is 1. The molecule has 0 fully saturated rings. The van der Waals surface area contributed by atoms with Crippen molar-refractivity contribution in [2.75, 3.05) is 0 Å². The lowest BCUT2D eigenvalue weighted by molar-refractivity contribution is -0.148. The second-order valence-corrected chi connectivity index (χ2v) is 7.29. The number of nitrogens with zero attached hydrogens (tertiary/aromatic N) is 5. The summed E-state index contributed by atoms with van der Waals surface area (Å²) >= 11 is 0. The van der Waals surface area contributed by atoms with Gasteiger partial charge in [-0.2, -0.15) is 18.3 Å². The molecule has 34 heavy (non-hydrogen) atoms. The Morgan fingerprint density at radius 2 is 2.06 bits per heavy atom. The van der Waals surface area contributed by atoms with Crippen molar-refractivity contribution in [3.8, 4) is 23.2 Å². The monoisotopic (exact) mass is 470 g/mol. The van der Waals surface area contributed by atoms with Crippen molar-refractivity contribution < 1.29 is 23.1 Å². The maximum absolute atomic E-state index is 13.4. The summed E-state index contributed by atoms with van der Waals surface area (Å²) in [5.41, 5.74) is -0.215. The van der Waals surface area contributed by atoms with Gasteiger partial charge in [-0.15, -0.1) is 0 Å². The highest BCUT2D eigenvalue weighted by molar-refractivity contribution is 5.88. The van der Waals surface area contributed by atoms with Crippen molar-refractivity contribution in [1.82, 2.24) is 29.3 Å². The molecule has 2 N–H and O–H groups in total. The molecule has 0 atom stereocenters. The van der Waals surface area contributed by atoms with Crippen molar-refractivity contribution in [1.29, 1.82) is 0 Å². The van der Waals surface area contributed by atoms with Crippen LogP contribution >= 0.6 is 0 Å². The SMILES string of the molecule is CCCn1c(C(F)(F)F)nc2nc(-c3cnn(CC#Cc4cccc(C(=O)O)c4)c3)[nH]c2c1=O. The molecule has 0 aliphatic carbocycles. The molecule has 12 heteroatoms. The molecule has 0 bridgehead atoms. The summed E-state index contributed by atoms with van der Waals surface area (Å²) in [6.45, 7) is 1.70. The number of aromatic amines is 1. The molecule has 9 nitrogen and oxygen atoms in total. The first-order chi connectivity index (χ1) is 16.2. The van der Waals surface area contributed by atoms with E-state index in [0.717, 1.165) is 0 Å². The number of alkyl halides is 3. The Morgan fingerprint density at radius 3 is 2.76 bits per heavy atom. The number of carboxylic acid groups (broad SMARTS) is 1. The van der Waals surface area contributed by atoms with Gasteiger partial charge in [-0.3, -0.25) is 14.0 Å². The number of aromatic carboxylic acids is 1. The third-order valence-electron chi connectivity index (χ3n) is 4.80. The number of H-pyrrole nitrogens is 1. The number of nitrogens with one attached hydrogen (secondary N) is 1. The minimum absolute atomic E-state index is 0.123. The van der Waals surface area contributed by atoms with Crippen LogP contribution in [0, 0.1) is 11.8 Å². The number of carboxylic acids is 1. The summed E-state index contributed by atoms with van der Waals surface area (Å²) < 4.78 is 42.3. The largest absolute Gasteiger partial charge is 0.478 e. The van der Waals surface area contributed by atoms with Crippen LogP contribution in [0.3, 0.4) is 0 Å². The smallest absolute Gasteiger partial charge is 0.449 e. The molecule has 4 rings (SSSR count). The maximum Gasteiger partial charge on any atom is 0.449 e. The average Bonchev–Trinajstić information content (AvgIpc) is 3.42. The van der Waals surface area contributed by atoms with Crippen molar-refractivity contribution in [2.24, 2.45) is 0 Å². The lowest BCUT2D eigenvalue weighted by atomic mass is 10.1. The Balaban J connectivity index is 1.61. The van der Waals surface area contributed by atoms with Gasteiger partial charge < -0.3 is 10.1 Å². The highest BCUT2D eigenvalue weighted by atomic mass is 19.4. The predicted octanol–water partition coefficient (Wildman–Crippen LogP) is 3.16. The highest BCUT2D eigenvalue weighted by Crippen LogP contribution is 2.28. The average molecular weight is 470 g/mol. The number of hydrogen-bond acceptors (Lipinski definition) is 5. The first kappa shape index (κ1) is 22.8. The number of hydrogen-bond donors (Lipinski definition) is 2. The lowest BCUT2D eigenvalue weighted by Gasteiger charge is -2.12. The standard InChI is InChI=1S/C22H17F3N6O3/c1-2-8-31-19(32)16-18(29-21(31)22(23,24)25)28-17(27-16)15-11-26-30(12-15)9-4-6-13-5-3-7-14(10-13)20(33)34/h3,5,7,10-12H,2,8-9H2,1H3,(H,27,28)(H,33,34). The van der Waals surface area contributed by atoms with E-state index >= 15 is 0 Å². The van der Waals surface area contributed by atoms with Crippen LogP contribution in [0.25, 0.3) is 22.6 Å². The van der Waals surface area contributed by atoms with Gasteiger partial charge >= 0.3 is 12.1 Å². The molecule has 3 heterocycles. The van der Waals surface area contributed by atoms with Gasteiger partial charge in [0.05, 0.1) is 17.3 Å². The molecule has 0 radical (unpaired) electrons. The van der Waals surface area contributed by atoms with Crippen molar-refractivity contribution >= 4 is 17.1 Å². The fourth-order valence-electron chi connectivity index (χ4n) is 3.29. The van der Waals surface area contributed by atoms with Crippen molar-refractivity contribution in [3.63, 3.8) is 0 Å². The summed E-state index contributed by atoms with van der Waals surface area (Å²) in [4.78, 5) is 34.1. The fourth-order valence-corrected chi connectivity index (χ4v) is 3.29. The minimum Gasteiger partial charge on any atom is -0.478 e. The van der Waals surface area contributed by atoms with Crippen molar-refractivity contribution in [3.05, 3.63) is 64.0 Å². The van der Waals surface area contributed by atoms with E-state index in [2.05, 4.69) is 31.9 Å². The summed E-state index contributed by atoms with van der Waals surface area (Å²) in [7, 11) is 0. The molecule has 0 saturated heterocycles. The second-order valence-electron chi connectivity index (χ2n) is 7.29. The van der Waals surface area contributed by atoms with E-state index in [0.29, 0.717) is 22.1 Å². The van der Waals surface area contributed by atoms with Gasteiger partial charge in [-0.05, 0) is 24.6 Å². The number of benzene rings is 1. The first-order valence-corrected chi connectivity index (χ1v) is 10.1. The summed E-state index contributed by atoms with van der Waals surface area (Å²) in [5, 5.41) is 13.2. The number of rotatable bonds is 5. The van der Waals surface area contributed by atoms with Crippen LogP contribution in [0.4, 0.5) is 13.2 Å². The fraction of sp³-hybridized carbons (Fsp3) is 0.227. The highest BCUT2D eigenvalue weighted by Gasteiger charge is 2.37. The van der Waals surface area contributed by atoms with E-state index in [1.807, 2.05) is 0 Å². The Hall–Kier alpha value is -4.40. The van der Waals surface area contributed by atoms with Gasteiger partial charge in [0.15, 0.2) is 11.2 Å². The zero-order chi connectivity index (χ0) is 24.5. The number of halogens is 3. The summed E-state index contributed by atoms with van der Waals surface area (Å²) in [6, 6.07) is 6.18. The number of aromatic nitrogens is 6. The van der Waals surface area contributed by atoms with E-state index < -0.39 is 23.5 Å². The molecule has 174 valence electrons. The van der Waals surface area contributed by atoms with Gasteiger partial charge in [0.25, 0.3) is 5.56 Å². The summed E-state index contributed by atoms with van der Waals surface area (Å²) in [5.74, 6) is 3.52. The van der Waals surface area contributed by atoms with Crippen LogP contribution in [0.2, 0.25) is 0 Å². The normalized spacial score (nSPS) is 11.4. The second kappa shape index (κ2) is 8.86. The van der Waals surface area contributed by atoms with Gasteiger partial charge in [0.2, 0.25) is 5.82 Å². The molecular weight excluding hydrogens is 453 g/mol. The molecule has 0 unspecified atom stereocenters. The van der Waals surface area contributed by atoms with Crippen LogP contribution in [-0.4, -0.2) is 40.4 Å². The van der Waals surface area contributed by atoms with Crippen LogP contribution in [0.5, 0.6) is 0 Å². The summed E-state index contributed by atoms with van der Waals surface area (Å²) in [6.07, 6.45) is -1.48. The van der Waals surface area contributed by atoms with E-state index in [-0.39, 0.29) is 35.6 Å². The van der Waals surface area contributed by atoms with Gasteiger partial charge in [0.1, 0.15) is 12.4 Å². The van der Waals surface area contributed by atoms with E-state index in [9.17, 15) is 22.8 Å². The molecule has 0 amide bonds. The van der Waals surface area contributed by atoms with Gasteiger partial charge in [-0.1, -0.05) is 24.8 Å². The van der Waals surface area contributed by atoms with Crippen LogP contribution in [0.1, 0.15) is 35.1 Å². The quantitative estimate of drug-likeness (QED) is 0.433. The Labute approximate surface area is 189 Å². The lowest BCUT2D eigenvalue weighted by Crippen LogP contribution is -2.30. The third kappa shape index (κ3) is 4.54. The van der Waals surface area contributed by atoms with Crippen LogP contribution in [-0.2, 0) is 19.3 Å². The van der Waals surface area contributed by atoms with Crippen molar-refractivity contribution in [2.45, 2.75) is 32.6 Å². The molecule has 0 saturated carbocycles. The molecular formula is C22H17F3N6O3. The predicted molar refractivity (Wildman–Crippen MR) is 115 cm³/mol. The zero-order valence-corrected chi connectivity index (χ0v) is 17.7. The Kier molecular flexibility index (Phi) is 5.93. The Morgan fingerprint density at radius 1 is 1.26 bits per heavy atom. The molecule has 1 aromatic carbocycles. The molecule has 3 aromatic heterocycles. The zero-order valence-electron chi connectivity index (χ0n) is 17.7. The van der Waals surface area contributed by atoms with E-state index in [4.69, 9.17) is 5.11 Å². The third-order valence-corrected chi connectivity index (χ3v) is 4.80.